The fourth-order valence-corrected chi connectivity index (χ4v) is 5.04. The number of H-pyrrole nitrogens is 1. The number of fused-ring (bicyclic) bond motifs is 1. The first-order chi connectivity index (χ1) is 14.9. The summed E-state index contributed by atoms with van der Waals surface area (Å²) in [4.78, 5) is 33.1. The molecule has 3 amide bonds. The maximum absolute atomic E-state index is 13.0. The lowest BCUT2D eigenvalue weighted by molar-refractivity contribution is -0.121. The zero-order valence-corrected chi connectivity index (χ0v) is 17.4. The highest BCUT2D eigenvalue weighted by Gasteiger charge is 2.31. The van der Waals surface area contributed by atoms with Crippen molar-refractivity contribution in [1.29, 1.82) is 0 Å². The Morgan fingerprint density at radius 3 is 2.52 bits per heavy atom. The number of nitrogens with one attached hydrogen (secondary N) is 3. The Hall–Kier alpha value is -3.28. The number of pyridine rings is 1. The van der Waals surface area contributed by atoms with E-state index in [0.29, 0.717) is 29.8 Å². The molecular weight excluding hydrogens is 420 g/mol. The van der Waals surface area contributed by atoms with Gasteiger partial charge in [0.25, 0.3) is 0 Å². The minimum absolute atomic E-state index is 0.00705. The van der Waals surface area contributed by atoms with Gasteiger partial charge in [0.2, 0.25) is 15.9 Å². The summed E-state index contributed by atoms with van der Waals surface area (Å²) < 4.78 is 27.5. The van der Waals surface area contributed by atoms with Gasteiger partial charge in [-0.15, -0.1) is 0 Å². The summed E-state index contributed by atoms with van der Waals surface area (Å²) in [7, 11) is -3.68. The van der Waals surface area contributed by atoms with Crippen molar-refractivity contribution in [2.24, 2.45) is 0 Å². The number of piperazine rings is 1. The van der Waals surface area contributed by atoms with Gasteiger partial charge >= 0.3 is 6.03 Å². The van der Waals surface area contributed by atoms with Gasteiger partial charge in [-0.05, 0) is 24.3 Å². The van der Waals surface area contributed by atoms with Crippen LogP contribution in [0.3, 0.4) is 0 Å². The third-order valence-electron chi connectivity index (χ3n) is 5.01. The highest BCUT2D eigenvalue weighted by molar-refractivity contribution is 7.89. The van der Waals surface area contributed by atoms with Crippen LogP contribution in [-0.4, -0.2) is 72.3 Å². The summed E-state index contributed by atoms with van der Waals surface area (Å²) in [5.74, 6) is -0.451. The number of sulfonamides is 1. The second-order valence-corrected chi connectivity index (χ2v) is 9.01. The number of anilines is 1. The lowest BCUT2D eigenvalue weighted by atomic mass is 10.3. The zero-order chi connectivity index (χ0) is 21.8. The number of aromatic nitrogens is 2. The molecule has 1 fully saturated rings. The van der Waals surface area contributed by atoms with Crippen LogP contribution in [0.25, 0.3) is 11.0 Å². The predicted octanol–water partition coefficient (Wildman–Crippen LogP) is 1.22. The maximum atomic E-state index is 13.0. The highest BCUT2D eigenvalue weighted by Crippen LogP contribution is 2.25. The molecule has 2 aromatic heterocycles. The first kappa shape index (κ1) is 21.0. The molecule has 10 nitrogen and oxygen atoms in total. The average Bonchev–Trinajstić information content (AvgIpc) is 3.20. The quantitative estimate of drug-likeness (QED) is 0.545. The van der Waals surface area contributed by atoms with Gasteiger partial charge in [-0.1, -0.05) is 18.2 Å². The fraction of sp³-hybridized carbons (Fsp3) is 0.250. The number of hydrogen-bond acceptors (Lipinski definition) is 6. The Kier molecular flexibility index (Phi) is 5.98. The Morgan fingerprint density at radius 1 is 1.03 bits per heavy atom. The molecule has 0 spiro atoms. The Labute approximate surface area is 179 Å². The largest absolute Gasteiger partial charge is 0.345 e. The van der Waals surface area contributed by atoms with Crippen LogP contribution in [0.2, 0.25) is 0 Å². The van der Waals surface area contributed by atoms with Crippen molar-refractivity contribution in [2.75, 3.05) is 38.0 Å². The number of para-hydroxylation sites is 1. The van der Waals surface area contributed by atoms with Gasteiger partial charge in [-0.3, -0.25) is 15.0 Å². The Bertz CT molecular complexity index is 1190. The normalized spacial score (nSPS) is 15.6. The number of amides is 3. The van der Waals surface area contributed by atoms with Crippen molar-refractivity contribution >= 4 is 38.7 Å². The molecule has 4 rings (SSSR count). The second kappa shape index (κ2) is 8.84. The Morgan fingerprint density at radius 2 is 1.77 bits per heavy atom. The molecule has 0 aliphatic carbocycles. The van der Waals surface area contributed by atoms with E-state index in [0.717, 1.165) is 0 Å². The van der Waals surface area contributed by atoms with E-state index in [4.69, 9.17) is 0 Å². The third kappa shape index (κ3) is 4.74. The number of imide groups is 1. The maximum Gasteiger partial charge on any atom is 0.325 e. The zero-order valence-electron chi connectivity index (χ0n) is 16.6. The molecule has 0 saturated carbocycles. The van der Waals surface area contributed by atoms with Gasteiger partial charge in [0.05, 0.1) is 6.54 Å². The molecule has 1 aromatic carbocycles. The predicted molar refractivity (Wildman–Crippen MR) is 115 cm³/mol. The number of aromatic amines is 1. The molecular formula is C20H22N6O4S. The average molecular weight is 443 g/mol. The fourth-order valence-electron chi connectivity index (χ4n) is 3.46. The smallest absolute Gasteiger partial charge is 0.325 e. The standard InChI is InChI=1S/C20H22N6O4S/c27-18(24-20(28)23-15-5-2-1-3-6-15)14-25-9-11-26(12-10-25)31(29,30)17-13-22-19-16(17)7-4-8-21-19/h1-8,13H,9-12,14H2,(H,21,22)(H2,23,24,27,28). The van der Waals surface area contributed by atoms with E-state index in [1.54, 1.807) is 42.6 Å². The van der Waals surface area contributed by atoms with Crippen LogP contribution in [0.15, 0.2) is 59.8 Å². The van der Waals surface area contributed by atoms with Crippen LogP contribution in [0.5, 0.6) is 0 Å². The van der Waals surface area contributed by atoms with Gasteiger partial charge in [0.1, 0.15) is 10.5 Å². The molecule has 1 aliphatic heterocycles. The van der Waals surface area contributed by atoms with Gasteiger partial charge in [0.15, 0.2) is 0 Å². The van der Waals surface area contributed by atoms with Crippen LogP contribution in [-0.2, 0) is 14.8 Å². The van der Waals surface area contributed by atoms with Gasteiger partial charge in [0, 0.05) is 49.6 Å². The van der Waals surface area contributed by atoms with Gasteiger partial charge in [-0.25, -0.2) is 18.2 Å². The molecule has 3 heterocycles. The van der Waals surface area contributed by atoms with Crippen LogP contribution in [0.1, 0.15) is 0 Å². The number of nitrogens with zero attached hydrogens (tertiary/aromatic N) is 3. The molecule has 0 bridgehead atoms. The topological polar surface area (TPSA) is 128 Å². The summed E-state index contributed by atoms with van der Waals surface area (Å²) >= 11 is 0. The Balaban J connectivity index is 1.30. The van der Waals surface area contributed by atoms with E-state index in [1.807, 2.05) is 11.0 Å². The number of rotatable bonds is 5. The van der Waals surface area contributed by atoms with E-state index in [1.165, 1.54) is 10.5 Å². The first-order valence-electron chi connectivity index (χ1n) is 9.74. The summed E-state index contributed by atoms with van der Waals surface area (Å²) in [5, 5.41) is 5.42. The SMILES string of the molecule is O=C(CN1CCN(S(=O)(=O)c2c[nH]c3ncccc23)CC1)NC(=O)Nc1ccccc1. The van der Waals surface area contributed by atoms with Crippen molar-refractivity contribution < 1.29 is 18.0 Å². The molecule has 31 heavy (non-hydrogen) atoms. The summed E-state index contributed by atoms with van der Waals surface area (Å²) in [5.41, 5.74) is 1.10. The lowest BCUT2D eigenvalue weighted by Crippen LogP contribution is -2.51. The number of hydrogen-bond donors (Lipinski definition) is 3. The van der Waals surface area contributed by atoms with Crippen LogP contribution in [0.4, 0.5) is 10.5 Å². The molecule has 11 heteroatoms. The summed E-state index contributed by atoms with van der Waals surface area (Å²) in [6.45, 7) is 1.27. The molecule has 1 aliphatic rings. The molecule has 1 saturated heterocycles. The van der Waals surface area contributed by atoms with E-state index in [-0.39, 0.29) is 24.5 Å². The third-order valence-corrected chi connectivity index (χ3v) is 6.95. The van der Waals surface area contributed by atoms with Crippen molar-refractivity contribution in [3.8, 4) is 0 Å². The minimum atomic E-state index is -3.68. The molecule has 3 N–H and O–H groups in total. The first-order valence-corrected chi connectivity index (χ1v) is 11.2. The van der Waals surface area contributed by atoms with Crippen LogP contribution < -0.4 is 10.6 Å². The van der Waals surface area contributed by atoms with Crippen molar-refractivity contribution in [2.45, 2.75) is 4.90 Å². The van der Waals surface area contributed by atoms with Crippen molar-refractivity contribution in [3.63, 3.8) is 0 Å². The number of benzene rings is 1. The number of carbonyl (C=O) groups excluding carboxylic acids is 2. The van der Waals surface area contributed by atoms with E-state index in [9.17, 15) is 18.0 Å². The van der Waals surface area contributed by atoms with Crippen LogP contribution >= 0.6 is 0 Å². The number of urea groups is 1. The van der Waals surface area contributed by atoms with Crippen molar-refractivity contribution in [3.05, 3.63) is 54.9 Å². The van der Waals surface area contributed by atoms with E-state index < -0.39 is 22.0 Å². The second-order valence-electron chi connectivity index (χ2n) is 7.10. The summed E-state index contributed by atoms with van der Waals surface area (Å²) in [6, 6.07) is 11.6. The molecule has 0 radical (unpaired) electrons. The lowest BCUT2D eigenvalue weighted by Gasteiger charge is -2.33. The highest BCUT2D eigenvalue weighted by atomic mass is 32.2. The van der Waals surface area contributed by atoms with Gasteiger partial charge < -0.3 is 10.3 Å². The van der Waals surface area contributed by atoms with Crippen LogP contribution in [0, 0.1) is 0 Å². The molecule has 0 atom stereocenters. The minimum Gasteiger partial charge on any atom is -0.345 e. The molecule has 0 unspecified atom stereocenters. The monoisotopic (exact) mass is 442 g/mol. The number of carbonyl (C=O) groups is 2. The summed E-state index contributed by atoms with van der Waals surface area (Å²) in [6.07, 6.45) is 3.05. The van der Waals surface area contributed by atoms with E-state index >= 15 is 0 Å². The molecule has 162 valence electrons. The van der Waals surface area contributed by atoms with Gasteiger partial charge in [-0.2, -0.15) is 4.31 Å². The molecule has 3 aromatic rings. The van der Waals surface area contributed by atoms with E-state index in [2.05, 4.69) is 20.6 Å². The van der Waals surface area contributed by atoms with Crippen molar-refractivity contribution in [1.82, 2.24) is 24.5 Å².